The monoisotopic (exact) mass is 302 g/mol. The Kier molecular flexibility index (Phi) is 5.49. The molecular weight excluding hydrogens is 284 g/mol. The van der Waals surface area contributed by atoms with E-state index in [0.717, 1.165) is 8.61 Å². The van der Waals surface area contributed by atoms with Gasteiger partial charge >= 0.3 is 20.6 Å². The van der Waals surface area contributed by atoms with Crippen molar-refractivity contribution < 1.29 is 25.2 Å². The molecular formula is C8H18N2O6S2. The lowest BCUT2D eigenvalue weighted by molar-refractivity contribution is 0.207. The van der Waals surface area contributed by atoms with Crippen molar-refractivity contribution in [2.45, 2.75) is 13.8 Å². The third-order valence-corrected chi connectivity index (χ3v) is 5.43. The summed E-state index contributed by atoms with van der Waals surface area (Å²) < 4.78 is 57.8. The lowest BCUT2D eigenvalue weighted by Gasteiger charge is -2.31. The highest BCUT2D eigenvalue weighted by Crippen LogP contribution is 2.12. The first-order valence-electron chi connectivity index (χ1n) is 5.62. The zero-order valence-corrected chi connectivity index (χ0v) is 12.0. The highest BCUT2D eigenvalue weighted by atomic mass is 32.2. The number of rotatable bonds is 6. The van der Waals surface area contributed by atoms with E-state index in [1.807, 2.05) is 0 Å². The first-order chi connectivity index (χ1) is 8.33. The standard InChI is InChI=1S/C8H18N2O6S2/c1-3-15-17(11,12)9-5-7-10(8-6-9)18(13,14)16-4-2/h3-8H2,1-2H3. The molecule has 10 heteroatoms. The summed E-state index contributed by atoms with van der Waals surface area (Å²) in [5.41, 5.74) is 0. The van der Waals surface area contributed by atoms with Gasteiger partial charge in [0.15, 0.2) is 0 Å². The Hall–Kier alpha value is -0.260. The summed E-state index contributed by atoms with van der Waals surface area (Å²) in [6.07, 6.45) is 0. The summed E-state index contributed by atoms with van der Waals surface area (Å²) in [5.74, 6) is 0. The van der Waals surface area contributed by atoms with E-state index in [9.17, 15) is 16.8 Å². The number of nitrogens with zero attached hydrogens (tertiary/aromatic N) is 2. The van der Waals surface area contributed by atoms with Crippen LogP contribution in [0.1, 0.15) is 13.8 Å². The molecule has 0 unspecified atom stereocenters. The first kappa shape index (κ1) is 15.8. The molecule has 0 amide bonds. The summed E-state index contributed by atoms with van der Waals surface area (Å²) in [6, 6.07) is 0. The smallest absolute Gasteiger partial charge is 0.258 e. The second-order valence-electron chi connectivity index (χ2n) is 3.53. The third kappa shape index (κ3) is 3.87. The van der Waals surface area contributed by atoms with E-state index < -0.39 is 20.6 Å². The Labute approximate surface area is 108 Å². The molecule has 0 aromatic rings. The lowest BCUT2D eigenvalue weighted by Crippen LogP contribution is -2.51. The van der Waals surface area contributed by atoms with Gasteiger partial charge in [0.05, 0.1) is 13.2 Å². The molecule has 0 bridgehead atoms. The van der Waals surface area contributed by atoms with Crippen molar-refractivity contribution in [3.63, 3.8) is 0 Å². The van der Waals surface area contributed by atoms with Crippen LogP contribution in [0, 0.1) is 0 Å². The van der Waals surface area contributed by atoms with Crippen LogP contribution in [-0.4, -0.2) is 64.8 Å². The van der Waals surface area contributed by atoms with Crippen LogP contribution in [0.4, 0.5) is 0 Å². The van der Waals surface area contributed by atoms with Gasteiger partial charge in [0, 0.05) is 26.2 Å². The summed E-state index contributed by atoms with van der Waals surface area (Å²) in [4.78, 5) is 0. The third-order valence-electron chi connectivity index (χ3n) is 2.36. The minimum absolute atomic E-state index is 0.0553. The molecule has 1 heterocycles. The number of hydrogen-bond donors (Lipinski definition) is 0. The SMILES string of the molecule is CCOS(=O)(=O)N1CCN(S(=O)(=O)OCC)CC1. The first-order valence-corrected chi connectivity index (χ1v) is 8.35. The van der Waals surface area contributed by atoms with Crippen LogP contribution in [-0.2, 0) is 29.0 Å². The van der Waals surface area contributed by atoms with Crippen LogP contribution in [0.3, 0.4) is 0 Å². The van der Waals surface area contributed by atoms with Crippen LogP contribution < -0.4 is 0 Å². The van der Waals surface area contributed by atoms with Gasteiger partial charge in [0.25, 0.3) is 0 Å². The molecule has 0 aromatic heterocycles. The van der Waals surface area contributed by atoms with Crippen molar-refractivity contribution in [1.29, 1.82) is 0 Å². The van der Waals surface area contributed by atoms with E-state index in [0.29, 0.717) is 0 Å². The number of piperazine rings is 1. The predicted molar refractivity (Wildman–Crippen MR) is 64.2 cm³/mol. The molecule has 1 saturated heterocycles. The van der Waals surface area contributed by atoms with Crippen LogP contribution in [0.2, 0.25) is 0 Å². The van der Waals surface area contributed by atoms with Crippen LogP contribution >= 0.6 is 0 Å². The summed E-state index contributed by atoms with van der Waals surface area (Å²) in [5, 5.41) is 0. The Morgan fingerprint density at radius 3 is 1.28 bits per heavy atom. The summed E-state index contributed by atoms with van der Waals surface area (Å²) >= 11 is 0. The van der Waals surface area contributed by atoms with E-state index in [4.69, 9.17) is 0 Å². The normalized spacial score (nSPS) is 20.1. The maximum Gasteiger partial charge on any atom is 0.338 e. The van der Waals surface area contributed by atoms with Crippen molar-refractivity contribution in [3.8, 4) is 0 Å². The Morgan fingerprint density at radius 1 is 0.778 bits per heavy atom. The Bertz CT molecular complexity index is 408. The van der Waals surface area contributed by atoms with Gasteiger partial charge in [-0.2, -0.15) is 25.4 Å². The zero-order valence-electron chi connectivity index (χ0n) is 10.4. The van der Waals surface area contributed by atoms with Crippen molar-refractivity contribution >= 4 is 20.6 Å². The molecule has 1 aliphatic rings. The van der Waals surface area contributed by atoms with Crippen LogP contribution in [0.15, 0.2) is 0 Å². The topological polar surface area (TPSA) is 93.2 Å². The molecule has 0 spiro atoms. The van der Waals surface area contributed by atoms with Crippen molar-refractivity contribution in [3.05, 3.63) is 0 Å². The molecule has 18 heavy (non-hydrogen) atoms. The molecule has 8 nitrogen and oxygen atoms in total. The fraction of sp³-hybridized carbons (Fsp3) is 1.00. The van der Waals surface area contributed by atoms with Gasteiger partial charge in [-0.25, -0.2) is 0 Å². The predicted octanol–water partition coefficient (Wildman–Crippen LogP) is -0.833. The molecule has 0 radical (unpaired) electrons. The van der Waals surface area contributed by atoms with Gasteiger partial charge in [0.1, 0.15) is 0 Å². The molecule has 0 aliphatic carbocycles. The minimum Gasteiger partial charge on any atom is -0.258 e. The quantitative estimate of drug-likeness (QED) is 0.635. The zero-order chi connectivity index (χ0) is 13.8. The van der Waals surface area contributed by atoms with Crippen molar-refractivity contribution in [1.82, 2.24) is 8.61 Å². The molecule has 1 aliphatic heterocycles. The second kappa shape index (κ2) is 6.26. The van der Waals surface area contributed by atoms with Gasteiger partial charge in [0.2, 0.25) is 0 Å². The van der Waals surface area contributed by atoms with E-state index in [1.165, 1.54) is 0 Å². The van der Waals surface area contributed by atoms with Gasteiger partial charge in [-0.05, 0) is 13.8 Å². The molecule has 0 N–H and O–H groups in total. The van der Waals surface area contributed by atoms with Gasteiger partial charge < -0.3 is 0 Å². The van der Waals surface area contributed by atoms with E-state index >= 15 is 0 Å². The van der Waals surface area contributed by atoms with Crippen LogP contribution in [0.25, 0.3) is 0 Å². The molecule has 0 atom stereocenters. The van der Waals surface area contributed by atoms with Crippen molar-refractivity contribution in [2.75, 3.05) is 39.4 Å². The average Bonchev–Trinajstić information content (AvgIpc) is 2.29. The summed E-state index contributed by atoms with van der Waals surface area (Å²) in [7, 11) is -7.49. The lowest BCUT2D eigenvalue weighted by atomic mass is 10.4. The summed E-state index contributed by atoms with van der Waals surface area (Å²) in [6.45, 7) is 3.52. The minimum atomic E-state index is -3.74. The highest BCUT2D eigenvalue weighted by molar-refractivity contribution is 7.84. The fourth-order valence-electron chi connectivity index (χ4n) is 1.56. The maximum absolute atomic E-state index is 11.6. The Balaban J connectivity index is 2.62. The van der Waals surface area contributed by atoms with E-state index in [2.05, 4.69) is 8.37 Å². The fourth-order valence-corrected chi connectivity index (χ4v) is 3.68. The number of hydrogen-bond acceptors (Lipinski definition) is 6. The Morgan fingerprint density at radius 2 is 1.06 bits per heavy atom. The molecule has 1 rings (SSSR count). The van der Waals surface area contributed by atoms with Gasteiger partial charge in [-0.15, -0.1) is 0 Å². The van der Waals surface area contributed by atoms with Crippen molar-refractivity contribution in [2.24, 2.45) is 0 Å². The molecule has 0 saturated carbocycles. The molecule has 0 aromatic carbocycles. The van der Waals surface area contributed by atoms with Gasteiger partial charge in [-0.3, -0.25) is 8.37 Å². The molecule has 108 valence electrons. The average molecular weight is 302 g/mol. The van der Waals surface area contributed by atoms with Gasteiger partial charge in [-0.1, -0.05) is 0 Å². The second-order valence-corrected chi connectivity index (χ2v) is 6.74. The van der Waals surface area contributed by atoms with E-state index in [1.54, 1.807) is 13.8 Å². The molecule has 1 fully saturated rings. The maximum atomic E-state index is 11.6. The highest BCUT2D eigenvalue weighted by Gasteiger charge is 2.32. The largest absolute Gasteiger partial charge is 0.338 e. The van der Waals surface area contributed by atoms with E-state index in [-0.39, 0.29) is 39.4 Å². The van der Waals surface area contributed by atoms with Crippen LogP contribution in [0.5, 0.6) is 0 Å².